The number of imidazole rings is 1. The molecule has 4 heterocycles. The predicted octanol–water partition coefficient (Wildman–Crippen LogP) is 5.77. The van der Waals surface area contributed by atoms with E-state index in [1.807, 2.05) is 17.5 Å². The van der Waals surface area contributed by atoms with Crippen LogP contribution >= 0.6 is 0 Å². The monoisotopic (exact) mass is 458 g/mol. The molecule has 0 atom stereocenters. The lowest BCUT2D eigenvalue weighted by atomic mass is 9.87. The Morgan fingerprint density at radius 2 is 2.03 bits per heavy atom. The second-order valence-corrected chi connectivity index (χ2v) is 9.77. The molecule has 0 unspecified atom stereocenters. The Hall–Kier alpha value is -3.12. The number of Topliss-reactive ketones (excluding diaryl/α,β-unsaturated/α-hetero) is 1. The highest BCUT2D eigenvalue weighted by atomic mass is 16.5. The molecule has 1 fully saturated rings. The molecule has 6 nitrogen and oxygen atoms in total. The summed E-state index contributed by atoms with van der Waals surface area (Å²) in [6.07, 6.45) is 8.71. The van der Waals surface area contributed by atoms with Crippen molar-refractivity contribution in [2.45, 2.75) is 51.9 Å². The van der Waals surface area contributed by atoms with Crippen LogP contribution in [-0.2, 0) is 4.79 Å². The molecular formula is C28H34N4O2. The Kier molecular flexibility index (Phi) is 6.17. The number of piperidine rings is 1. The molecule has 1 N–H and O–H groups in total. The van der Waals surface area contributed by atoms with Crippen LogP contribution in [0.5, 0.6) is 5.75 Å². The van der Waals surface area contributed by atoms with E-state index in [0.717, 1.165) is 54.1 Å². The Morgan fingerprint density at radius 1 is 1.24 bits per heavy atom. The van der Waals surface area contributed by atoms with Gasteiger partial charge in [-0.2, -0.15) is 0 Å². The second kappa shape index (κ2) is 9.26. The number of ether oxygens (including phenoxy) is 1. The number of ketones is 1. The molecule has 0 spiro atoms. The van der Waals surface area contributed by atoms with E-state index < -0.39 is 0 Å². The van der Waals surface area contributed by atoms with Crippen LogP contribution < -0.4 is 4.74 Å². The summed E-state index contributed by atoms with van der Waals surface area (Å²) >= 11 is 0. The molecule has 0 amide bonds. The molecule has 178 valence electrons. The third kappa shape index (κ3) is 4.11. The van der Waals surface area contributed by atoms with Crippen molar-refractivity contribution in [2.75, 3.05) is 26.7 Å². The minimum absolute atomic E-state index is 0.340. The Bertz CT molecular complexity index is 1330. The number of hydrogen-bond acceptors (Lipinski definition) is 4. The molecule has 0 radical (unpaired) electrons. The molecule has 1 aliphatic rings. The van der Waals surface area contributed by atoms with Gasteiger partial charge in [0, 0.05) is 41.5 Å². The fourth-order valence-corrected chi connectivity index (χ4v) is 5.39. The first-order valence-corrected chi connectivity index (χ1v) is 12.4. The van der Waals surface area contributed by atoms with Gasteiger partial charge in [-0.3, -0.25) is 9.69 Å². The number of carbonyl (C=O) groups excluding carboxylic acids is 1. The van der Waals surface area contributed by atoms with Crippen LogP contribution in [0.15, 0.2) is 42.9 Å². The highest BCUT2D eigenvalue weighted by Gasteiger charge is 2.24. The fraction of sp³-hybridized carbons (Fsp3) is 0.429. The van der Waals surface area contributed by atoms with Crippen molar-refractivity contribution in [1.29, 1.82) is 0 Å². The van der Waals surface area contributed by atoms with Gasteiger partial charge in [-0.15, -0.1) is 0 Å². The number of hydrogen-bond donors (Lipinski definition) is 1. The van der Waals surface area contributed by atoms with Gasteiger partial charge in [-0.1, -0.05) is 26.8 Å². The summed E-state index contributed by atoms with van der Waals surface area (Å²) < 4.78 is 7.66. The minimum Gasteiger partial charge on any atom is -0.493 e. The number of fused-ring (bicyclic) bond motifs is 2. The lowest BCUT2D eigenvalue weighted by Gasteiger charge is -2.31. The molecule has 3 aromatic heterocycles. The summed E-state index contributed by atoms with van der Waals surface area (Å²) in [7, 11) is 1.69. The number of aromatic amines is 1. The SMILES string of the molecule is CCC(=O)CN1CCC(c2ccc3[nH]c(-c4cc(OC)c5nccn5c4)c(C(C)C)c3c2)CC1. The summed E-state index contributed by atoms with van der Waals surface area (Å²) in [6.45, 7) is 9.06. The number of pyridine rings is 1. The van der Waals surface area contributed by atoms with Gasteiger partial charge in [0.1, 0.15) is 5.78 Å². The van der Waals surface area contributed by atoms with Crippen molar-refractivity contribution >= 4 is 22.3 Å². The number of H-pyrrole nitrogens is 1. The van der Waals surface area contributed by atoms with Gasteiger partial charge in [0.05, 0.1) is 19.3 Å². The third-order valence-electron chi connectivity index (χ3n) is 7.26. The maximum atomic E-state index is 11.8. The number of methoxy groups -OCH3 is 1. The van der Waals surface area contributed by atoms with Crippen LogP contribution in [0.1, 0.15) is 63.0 Å². The molecule has 34 heavy (non-hydrogen) atoms. The molecule has 0 bridgehead atoms. The summed E-state index contributed by atoms with van der Waals surface area (Å²) in [6, 6.07) is 8.99. The van der Waals surface area contributed by atoms with Crippen LogP contribution in [0.4, 0.5) is 0 Å². The van der Waals surface area contributed by atoms with Crippen LogP contribution in [0.25, 0.3) is 27.8 Å². The van der Waals surface area contributed by atoms with Crippen molar-refractivity contribution in [3.63, 3.8) is 0 Å². The summed E-state index contributed by atoms with van der Waals surface area (Å²) in [4.78, 5) is 22.3. The molecule has 0 saturated carbocycles. The van der Waals surface area contributed by atoms with E-state index in [4.69, 9.17) is 4.74 Å². The highest BCUT2D eigenvalue weighted by Crippen LogP contribution is 2.39. The number of nitrogens with one attached hydrogen (secondary N) is 1. The summed E-state index contributed by atoms with van der Waals surface area (Å²) in [5, 5.41) is 1.30. The molecular weight excluding hydrogens is 424 g/mol. The zero-order valence-electron chi connectivity index (χ0n) is 20.6. The lowest BCUT2D eigenvalue weighted by molar-refractivity contribution is -0.120. The van der Waals surface area contributed by atoms with E-state index in [-0.39, 0.29) is 0 Å². The van der Waals surface area contributed by atoms with E-state index in [0.29, 0.717) is 30.6 Å². The maximum absolute atomic E-state index is 11.8. The van der Waals surface area contributed by atoms with E-state index in [9.17, 15) is 4.79 Å². The Balaban J connectivity index is 1.49. The number of nitrogens with zero attached hydrogens (tertiary/aromatic N) is 3. The standard InChI is InChI=1S/C28H34N4O2/c1-5-22(33)17-31-11-8-19(9-12-31)20-6-7-24-23(14-20)26(18(2)3)27(30-24)21-15-25(34-4)28-29-10-13-32(28)16-21/h6-7,10,13-16,18-19,30H,5,8-9,11-12,17H2,1-4H3. The average Bonchev–Trinajstić information content (AvgIpc) is 3.48. The lowest BCUT2D eigenvalue weighted by Crippen LogP contribution is -2.36. The zero-order valence-corrected chi connectivity index (χ0v) is 20.6. The van der Waals surface area contributed by atoms with E-state index in [1.54, 1.807) is 13.3 Å². The van der Waals surface area contributed by atoms with Crippen LogP contribution in [0, 0.1) is 0 Å². The second-order valence-electron chi connectivity index (χ2n) is 9.77. The first kappa shape index (κ1) is 22.7. The number of benzene rings is 1. The average molecular weight is 459 g/mol. The molecule has 1 saturated heterocycles. The maximum Gasteiger partial charge on any atom is 0.179 e. The van der Waals surface area contributed by atoms with Crippen molar-refractivity contribution in [2.24, 2.45) is 0 Å². The van der Waals surface area contributed by atoms with Crippen molar-refractivity contribution in [3.8, 4) is 17.0 Å². The van der Waals surface area contributed by atoms with Crippen molar-refractivity contribution in [3.05, 3.63) is 54.0 Å². The molecule has 1 aliphatic heterocycles. The van der Waals surface area contributed by atoms with Gasteiger partial charge in [0.25, 0.3) is 0 Å². The molecule has 4 aromatic rings. The zero-order chi connectivity index (χ0) is 23.8. The fourth-order valence-electron chi connectivity index (χ4n) is 5.39. The van der Waals surface area contributed by atoms with Gasteiger partial charge >= 0.3 is 0 Å². The third-order valence-corrected chi connectivity index (χ3v) is 7.26. The van der Waals surface area contributed by atoms with Crippen LogP contribution in [0.3, 0.4) is 0 Å². The normalized spacial score (nSPS) is 15.6. The molecule has 5 rings (SSSR count). The smallest absolute Gasteiger partial charge is 0.179 e. The van der Waals surface area contributed by atoms with E-state index in [1.165, 1.54) is 16.5 Å². The van der Waals surface area contributed by atoms with Crippen LogP contribution in [0.2, 0.25) is 0 Å². The first-order chi connectivity index (χ1) is 16.5. The Labute approximate surface area is 200 Å². The molecule has 1 aromatic carbocycles. The van der Waals surface area contributed by atoms with Crippen molar-refractivity contribution < 1.29 is 9.53 Å². The van der Waals surface area contributed by atoms with Gasteiger partial charge in [0.15, 0.2) is 11.4 Å². The van der Waals surface area contributed by atoms with Crippen LogP contribution in [-0.4, -0.2) is 51.8 Å². The first-order valence-electron chi connectivity index (χ1n) is 12.4. The van der Waals surface area contributed by atoms with E-state index in [2.05, 4.69) is 59.2 Å². The number of rotatable bonds is 7. The largest absolute Gasteiger partial charge is 0.493 e. The summed E-state index contributed by atoms with van der Waals surface area (Å²) in [5.74, 6) is 2.01. The molecule has 0 aliphatic carbocycles. The topological polar surface area (TPSA) is 62.6 Å². The van der Waals surface area contributed by atoms with Gasteiger partial charge in [-0.25, -0.2) is 4.98 Å². The predicted molar refractivity (Wildman–Crippen MR) is 137 cm³/mol. The number of carbonyl (C=O) groups is 1. The van der Waals surface area contributed by atoms with Gasteiger partial charge in [-0.05, 0) is 67.1 Å². The quantitative estimate of drug-likeness (QED) is 0.382. The van der Waals surface area contributed by atoms with E-state index >= 15 is 0 Å². The highest BCUT2D eigenvalue weighted by molar-refractivity contribution is 5.92. The number of aromatic nitrogens is 3. The minimum atomic E-state index is 0.340. The Morgan fingerprint density at radius 3 is 2.74 bits per heavy atom. The van der Waals surface area contributed by atoms with Gasteiger partial charge < -0.3 is 14.1 Å². The molecule has 6 heteroatoms. The van der Waals surface area contributed by atoms with Crippen molar-refractivity contribution in [1.82, 2.24) is 19.3 Å². The summed E-state index contributed by atoms with van der Waals surface area (Å²) in [5.41, 5.74) is 6.97. The number of likely N-dealkylation sites (tertiary alicyclic amines) is 1. The van der Waals surface area contributed by atoms with Gasteiger partial charge in [0.2, 0.25) is 0 Å².